The van der Waals surface area contributed by atoms with Crippen LogP contribution in [0.5, 0.6) is 0 Å². The summed E-state index contributed by atoms with van der Waals surface area (Å²) in [7, 11) is 0. The second-order valence-electron chi connectivity index (χ2n) is 8.22. The Kier molecular flexibility index (Phi) is 7.08. The Morgan fingerprint density at radius 1 is 0.966 bits per heavy atom. The standard InChI is InChI=1S/C25H32N2O2/c1-18-10-4-6-12-21(18)16-24(28)27(17-22-13-7-5-11-19(22)2)20(3)25(29)26-23-14-8-9-15-23/h4-7,10-13,20,23H,8-9,14-17H2,1-3H3,(H,26,29)/t20-/m1/s1. The fourth-order valence-corrected chi connectivity index (χ4v) is 4.02. The lowest BCUT2D eigenvalue weighted by Gasteiger charge is -2.30. The van der Waals surface area contributed by atoms with E-state index in [2.05, 4.69) is 5.32 Å². The van der Waals surface area contributed by atoms with Crippen molar-refractivity contribution in [1.29, 1.82) is 0 Å². The molecule has 0 radical (unpaired) electrons. The minimum absolute atomic E-state index is 0.0170. The molecule has 1 atom stereocenters. The van der Waals surface area contributed by atoms with E-state index in [0.717, 1.165) is 35.1 Å². The van der Waals surface area contributed by atoms with Crippen LogP contribution in [0.1, 0.15) is 54.9 Å². The average molecular weight is 393 g/mol. The van der Waals surface area contributed by atoms with E-state index in [0.29, 0.717) is 13.0 Å². The van der Waals surface area contributed by atoms with Gasteiger partial charge in [-0.15, -0.1) is 0 Å². The molecule has 1 N–H and O–H groups in total. The van der Waals surface area contributed by atoms with Crippen LogP contribution in [0.25, 0.3) is 0 Å². The third-order valence-electron chi connectivity index (χ3n) is 6.07. The second kappa shape index (κ2) is 9.73. The molecule has 1 fully saturated rings. The van der Waals surface area contributed by atoms with Gasteiger partial charge in [0.2, 0.25) is 11.8 Å². The molecule has 4 heteroatoms. The monoisotopic (exact) mass is 392 g/mol. The number of nitrogens with one attached hydrogen (secondary N) is 1. The van der Waals surface area contributed by atoms with Gasteiger partial charge in [0.25, 0.3) is 0 Å². The summed E-state index contributed by atoms with van der Waals surface area (Å²) in [6, 6.07) is 15.7. The molecule has 0 spiro atoms. The fourth-order valence-electron chi connectivity index (χ4n) is 4.02. The first-order valence-corrected chi connectivity index (χ1v) is 10.6. The van der Waals surface area contributed by atoms with Crippen LogP contribution >= 0.6 is 0 Å². The molecule has 0 saturated heterocycles. The van der Waals surface area contributed by atoms with Gasteiger partial charge in [0.15, 0.2) is 0 Å². The molecule has 2 aromatic carbocycles. The first-order valence-electron chi connectivity index (χ1n) is 10.6. The van der Waals surface area contributed by atoms with E-state index in [1.165, 1.54) is 12.8 Å². The number of amides is 2. The minimum atomic E-state index is -0.508. The van der Waals surface area contributed by atoms with E-state index in [-0.39, 0.29) is 17.9 Å². The highest BCUT2D eigenvalue weighted by atomic mass is 16.2. The molecule has 2 amide bonds. The van der Waals surface area contributed by atoms with Crippen LogP contribution in [-0.2, 0) is 22.6 Å². The highest BCUT2D eigenvalue weighted by Crippen LogP contribution is 2.20. The number of aryl methyl sites for hydroxylation is 2. The summed E-state index contributed by atoms with van der Waals surface area (Å²) < 4.78 is 0. The molecular weight excluding hydrogens is 360 g/mol. The predicted molar refractivity (Wildman–Crippen MR) is 116 cm³/mol. The quantitative estimate of drug-likeness (QED) is 0.763. The Balaban J connectivity index is 1.80. The number of rotatable bonds is 7. The maximum Gasteiger partial charge on any atom is 0.242 e. The van der Waals surface area contributed by atoms with Crippen LogP contribution in [0.2, 0.25) is 0 Å². The van der Waals surface area contributed by atoms with Crippen molar-refractivity contribution in [2.75, 3.05) is 0 Å². The molecule has 0 heterocycles. The van der Waals surface area contributed by atoms with Gasteiger partial charge in [0.05, 0.1) is 6.42 Å². The minimum Gasteiger partial charge on any atom is -0.352 e. The van der Waals surface area contributed by atoms with Gasteiger partial charge in [-0.05, 0) is 55.9 Å². The van der Waals surface area contributed by atoms with Crippen LogP contribution in [0, 0.1) is 13.8 Å². The summed E-state index contributed by atoms with van der Waals surface area (Å²) in [4.78, 5) is 28.0. The van der Waals surface area contributed by atoms with Crippen LogP contribution in [-0.4, -0.2) is 28.8 Å². The van der Waals surface area contributed by atoms with Crippen molar-refractivity contribution < 1.29 is 9.59 Å². The summed E-state index contributed by atoms with van der Waals surface area (Å²) in [5.41, 5.74) is 4.31. The molecule has 0 aliphatic heterocycles. The maximum atomic E-state index is 13.3. The molecular formula is C25H32N2O2. The molecule has 154 valence electrons. The van der Waals surface area contributed by atoms with Crippen molar-refractivity contribution in [2.45, 2.75) is 71.5 Å². The van der Waals surface area contributed by atoms with Gasteiger partial charge in [-0.2, -0.15) is 0 Å². The van der Waals surface area contributed by atoms with Crippen molar-refractivity contribution >= 4 is 11.8 Å². The topological polar surface area (TPSA) is 49.4 Å². The van der Waals surface area contributed by atoms with E-state index in [4.69, 9.17) is 0 Å². The van der Waals surface area contributed by atoms with Crippen LogP contribution in [0.15, 0.2) is 48.5 Å². The third-order valence-corrected chi connectivity index (χ3v) is 6.07. The van der Waals surface area contributed by atoms with Crippen LogP contribution < -0.4 is 5.32 Å². The zero-order chi connectivity index (χ0) is 20.8. The molecule has 0 bridgehead atoms. The van der Waals surface area contributed by atoms with E-state index in [1.54, 1.807) is 4.90 Å². The summed E-state index contributed by atoms with van der Waals surface area (Å²) in [5.74, 6) is -0.0692. The number of benzene rings is 2. The molecule has 1 saturated carbocycles. The Morgan fingerprint density at radius 3 is 2.10 bits per heavy atom. The zero-order valence-corrected chi connectivity index (χ0v) is 17.8. The first-order chi connectivity index (χ1) is 14.0. The molecule has 1 aliphatic rings. The largest absolute Gasteiger partial charge is 0.352 e. The Bertz CT molecular complexity index is 855. The molecule has 4 nitrogen and oxygen atoms in total. The van der Waals surface area contributed by atoms with Gasteiger partial charge in [-0.3, -0.25) is 9.59 Å². The highest BCUT2D eigenvalue weighted by Gasteiger charge is 2.28. The van der Waals surface area contributed by atoms with Crippen molar-refractivity contribution in [3.8, 4) is 0 Å². The fraction of sp³-hybridized carbons (Fsp3) is 0.440. The van der Waals surface area contributed by atoms with Crippen LogP contribution in [0.4, 0.5) is 0 Å². The molecule has 2 aromatic rings. The summed E-state index contributed by atoms with van der Waals surface area (Å²) >= 11 is 0. The SMILES string of the molecule is Cc1ccccc1CC(=O)N(Cc1ccccc1C)[C@H](C)C(=O)NC1CCCC1. The van der Waals surface area contributed by atoms with Gasteiger partial charge in [0, 0.05) is 12.6 Å². The van der Waals surface area contributed by atoms with Crippen molar-refractivity contribution in [3.05, 3.63) is 70.8 Å². The highest BCUT2D eigenvalue weighted by molar-refractivity contribution is 5.88. The zero-order valence-electron chi connectivity index (χ0n) is 17.8. The number of hydrogen-bond acceptors (Lipinski definition) is 2. The number of carbonyl (C=O) groups is 2. The Labute approximate surface area is 174 Å². The van der Waals surface area contributed by atoms with Gasteiger partial charge in [0.1, 0.15) is 6.04 Å². The lowest BCUT2D eigenvalue weighted by Crippen LogP contribution is -2.50. The lowest BCUT2D eigenvalue weighted by molar-refractivity contribution is -0.140. The van der Waals surface area contributed by atoms with E-state index in [9.17, 15) is 9.59 Å². The molecule has 3 rings (SSSR count). The van der Waals surface area contributed by atoms with E-state index >= 15 is 0 Å². The summed E-state index contributed by atoms with van der Waals surface area (Å²) in [6.07, 6.45) is 4.71. The molecule has 0 aromatic heterocycles. The van der Waals surface area contributed by atoms with E-state index < -0.39 is 6.04 Å². The van der Waals surface area contributed by atoms with Gasteiger partial charge < -0.3 is 10.2 Å². The Morgan fingerprint density at radius 2 is 1.52 bits per heavy atom. The third kappa shape index (κ3) is 5.47. The van der Waals surface area contributed by atoms with Gasteiger partial charge in [-0.25, -0.2) is 0 Å². The average Bonchev–Trinajstić information content (AvgIpc) is 3.21. The first kappa shape index (κ1) is 21.1. The van der Waals surface area contributed by atoms with Gasteiger partial charge >= 0.3 is 0 Å². The van der Waals surface area contributed by atoms with Crippen molar-refractivity contribution in [3.63, 3.8) is 0 Å². The number of carbonyl (C=O) groups excluding carboxylic acids is 2. The smallest absolute Gasteiger partial charge is 0.242 e. The summed E-state index contributed by atoms with van der Waals surface area (Å²) in [5, 5.41) is 3.16. The summed E-state index contributed by atoms with van der Waals surface area (Å²) in [6.45, 7) is 6.35. The van der Waals surface area contributed by atoms with Gasteiger partial charge in [-0.1, -0.05) is 61.4 Å². The number of hydrogen-bond donors (Lipinski definition) is 1. The van der Waals surface area contributed by atoms with Crippen LogP contribution in [0.3, 0.4) is 0 Å². The molecule has 29 heavy (non-hydrogen) atoms. The normalized spacial score (nSPS) is 15.1. The Hall–Kier alpha value is -2.62. The second-order valence-corrected chi connectivity index (χ2v) is 8.22. The maximum absolute atomic E-state index is 13.3. The van der Waals surface area contributed by atoms with Crippen molar-refractivity contribution in [1.82, 2.24) is 10.2 Å². The predicted octanol–water partition coefficient (Wildman–Crippen LogP) is 4.32. The van der Waals surface area contributed by atoms with Crippen molar-refractivity contribution in [2.24, 2.45) is 0 Å². The van der Waals surface area contributed by atoms with E-state index in [1.807, 2.05) is 69.3 Å². The number of nitrogens with zero attached hydrogens (tertiary/aromatic N) is 1. The molecule has 0 unspecified atom stereocenters. The molecule has 1 aliphatic carbocycles. The lowest BCUT2D eigenvalue weighted by atomic mass is 10.0.